The zero-order valence-electron chi connectivity index (χ0n) is 11.2. The monoisotopic (exact) mass is 312 g/mol. The molecule has 5 heteroatoms. The van der Waals surface area contributed by atoms with Crippen LogP contribution in [0.1, 0.15) is 0 Å². The van der Waals surface area contributed by atoms with Crippen molar-refractivity contribution in [1.82, 2.24) is 0 Å². The molecule has 0 aliphatic carbocycles. The Morgan fingerprint density at radius 2 is 1.91 bits per heavy atom. The van der Waals surface area contributed by atoms with Gasteiger partial charge in [-0.15, -0.1) is 11.3 Å². The molecular formula is C17H9FO3S. The highest BCUT2D eigenvalue weighted by Crippen LogP contribution is 2.38. The summed E-state index contributed by atoms with van der Waals surface area (Å²) in [5.74, 6) is -0.884. The van der Waals surface area contributed by atoms with E-state index >= 15 is 0 Å². The molecule has 2 aromatic carbocycles. The molecule has 2 heterocycles. The Hall–Kier alpha value is -2.66. The summed E-state index contributed by atoms with van der Waals surface area (Å²) in [7, 11) is 0. The maximum atomic E-state index is 13.4. The summed E-state index contributed by atoms with van der Waals surface area (Å²) in [4.78, 5) is 12.3. The van der Waals surface area contributed by atoms with Crippen LogP contribution in [0.5, 0.6) is 5.75 Å². The molecule has 4 aromatic rings. The molecule has 0 fully saturated rings. The molecule has 22 heavy (non-hydrogen) atoms. The molecule has 0 atom stereocenters. The van der Waals surface area contributed by atoms with Gasteiger partial charge in [0.2, 0.25) is 11.2 Å². The third-order valence-corrected chi connectivity index (χ3v) is 4.52. The molecular weight excluding hydrogens is 303 g/mol. The number of benzene rings is 2. The fourth-order valence-corrected chi connectivity index (χ4v) is 3.43. The van der Waals surface area contributed by atoms with E-state index in [1.165, 1.54) is 23.5 Å². The fourth-order valence-electron chi connectivity index (χ4n) is 2.49. The molecule has 0 aliphatic rings. The lowest BCUT2D eigenvalue weighted by Crippen LogP contribution is -2.02. The van der Waals surface area contributed by atoms with Crippen LogP contribution in [0.25, 0.3) is 32.4 Å². The van der Waals surface area contributed by atoms with E-state index in [4.69, 9.17) is 4.42 Å². The van der Waals surface area contributed by atoms with Gasteiger partial charge in [-0.25, -0.2) is 4.39 Å². The fraction of sp³-hybridized carbons (Fsp3) is 0. The molecule has 0 unspecified atom stereocenters. The third kappa shape index (κ3) is 1.83. The molecule has 2 aromatic heterocycles. The van der Waals surface area contributed by atoms with Gasteiger partial charge in [0.25, 0.3) is 0 Å². The van der Waals surface area contributed by atoms with E-state index in [1.807, 2.05) is 29.6 Å². The Labute approximate surface area is 127 Å². The van der Waals surface area contributed by atoms with E-state index < -0.39 is 17.0 Å². The van der Waals surface area contributed by atoms with E-state index in [-0.39, 0.29) is 16.7 Å². The molecule has 4 rings (SSSR count). The lowest BCUT2D eigenvalue weighted by molar-refractivity contribution is 0.449. The van der Waals surface area contributed by atoms with Crippen LogP contribution in [-0.2, 0) is 0 Å². The van der Waals surface area contributed by atoms with E-state index in [1.54, 1.807) is 0 Å². The highest BCUT2D eigenvalue weighted by Gasteiger charge is 2.18. The number of rotatable bonds is 1. The second kappa shape index (κ2) is 4.68. The van der Waals surface area contributed by atoms with E-state index in [0.717, 1.165) is 16.2 Å². The minimum atomic E-state index is -0.563. The highest BCUT2D eigenvalue weighted by molar-refractivity contribution is 7.17. The number of hydrogen-bond donors (Lipinski definition) is 1. The van der Waals surface area contributed by atoms with Gasteiger partial charge < -0.3 is 9.52 Å². The lowest BCUT2D eigenvalue weighted by Gasteiger charge is -2.05. The summed E-state index contributed by atoms with van der Waals surface area (Å²) in [5, 5.41) is 13.0. The molecule has 0 radical (unpaired) electrons. The van der Waals surface area contributed by atoms with Crippen molar-refractivity contribution in [3.05, 3.63) is 63.9 Å². The van der Waals surface area contributed by atoms with Gasteiger partial charge in [-0.1, -0.05) is 18.2 Å². The van der Waals surface area contributed by atoms with Crippen molar-refractivity contribution in [3.63, 3.8) is 0 Å². The number of thiophene rings is 1. The van der Waals surface area contributed by atoms with E-state index in [0.29, 0.717) is 5.56 Å². The van der Waals surface area contributed by atoms with Gasteiger partial charge >= 0.3 is 0 Å². The Morgan fingerprint density at radius 3 is 2.77 bits per heavy atom. The summed E-state index contributed by atoms with van der Waals surface area (Å²) < 4.78 is 20.0. The zero-order valence-corrected chi connectivity index (χ0v) is 12.0. The SMILES string of the molecule is O=c1c(O)c(-c2csc3ccccc23)oc2cc(F)ccc12. The summed E-state index contributed by atoms with van der Waals surface area (Å²) in [6.45, 7) is 0. The number of fused-ring (bicyclic) bond motifs is 2. The molecule has 3 nitrogen and oxygen atoms in total. The Balaban J connectivity index is 2.10. The maximum Gasteiger partial charge on any atom is 0.235 e. The van der Waals surface area contributed by atoms with Crippen molar-refractivity contribution in [2.75, 3.05) is 0 Å². The molecule has 0 saturated heterocycles. The summed E-state index contributed by atoms with van der Waals surface area (Å²) in [6, 6.07) is 11.2. The van der Waals surface area contributed by atoms with Crippen molar-refractivity contribution in [1.29, 1.82) is 0 Å². The Kier molecular flexibility index (Phi) is 2.77. The zero-order chi connectivity index (χ0) is 15.3. The van der Waals surface area contributed by atoms with E-state index in [9.17, 15) is 14.3 Å². The second-order valence-corrected chi connectivity index (χ2v) is 5.81. The quantitative estimate of drug-likeness (QED) is 0.562. The van der Waals surface area contributed by atoms with Crippen LogP contribution in [0.2, 0.25) is 0 Å². The smallest absolute Gasteiger partial charge is 0.235 e. The predicted molar refractivity (Wildman–Crippen MR) is 84.9 cm³/mol. The minimum absolute atomic E-state index is 0.0700. The topological polar surface area (TPSA) is 50.4 Å². The first-order valence-electron chi connectivity index (χ1n) is 6.57. The normalized spacial score (nSPS) is 11.3. The van der Waals surface area contributed by atoms with Crippen molar-refractivity contribution < 1.29 is 13.9 Å². The van der Waals surface area contributed by atoms with Crippen LogP contribution in [-0.4, -0.2) is 5.11 Å². The predicted octanol–water partition coefficient (Wildman–Crippen LogP) is 4.52. The molecule has 0 amide bonds. The summed E-state index contributed by atoms with van der Waals surface area (Å²) in [6.07, 6.45) is 0. The first-order chi connectivity index (χ1) is 10.6. The average molecular weight is 312 g/mol. The van der Waals surface area contributed by atoms with Crippen molar-refractivity contribution in [3.8, 4) is 17.1 Å². The van der Waals surface area contributed by atoms with Gasteiger partial charge in [-0.05, 0) is 18.2 Å². The van der Waals surface area contributed by atoms with Crippen LogP contribution in [0.15, 0.2) is 57.1 Å². The first kappa shape index (κ1) is 13.0. The van der Waals surface area contributed by atoms with Crippen LogP contribution < -0.4 is 5.43 Å². The first-order valence-corrected chi connectivity index (χ1v) is 7.45. The average Bonchev–Trinajstić information content (AvgIpc) is 2.94. The van der Waals surface area contributed by atoms with Gasteiger partial charge in [0.1, 0.15) is 11.4 Å². The van der Waals surface area contributed by atoms with Gasteiger partial charge in [-0.2, -0.15) is 0 Å². The molecule has 0 aliphatic heterocycles. The second-order valence-electron chi connectivity index (χ2n) is 4.89. The van der Waals surface area contributed by atoms with E-state index in [2.05, 4.69) is 0 Å². The maximum absolute atomic E-state index is 13.4. The summed E-state index contributed by atoms with van der Waals surface area (Å²) in [5.41, 5.74) is 0.181. The number of halogens is 1. The molecule has 0 bridgehead atoms. The van der Waals surface area contributed by atoms with Gasteiger partial charge in [-0.3, -0.25) is 4.79 Å². The van der Waals surface area contributed by atoms with Crippen molar-refractivity contribution in [2.45, 2.75) is 0 Å². The van der Waals surface area contributed by atoms with Crippen LogP contribution in [0.3, 0.4) is 0 Å². The minimum Gasteiger partial charge on any atom is -0.502 e. The molecule has 108 valence electrons. The largest absolute Gasteiger partial charge is 0.502 e. The summed E-state index contributed by atoms with van der Waals surface area (Å²) >= 11 is 1.48. The lowest BCUT2D eigenvalue weighted by atomic mass is 10.1. The molecule has 0 saturated carbocycles. The van der Waals surface area contributed by atoms with Gasteiger partial charge in [0.05, 0.1) is 5.39 Å². The van der Waals surface area contributed by atoms with Crippen LogP contribution >= 0.6 is 11.3 Å². The van der Waals surface area contributed by atoms with Gasteiger partial charge in [0, 0.05) is 27.1 Å². The standard InChI is InChI=1S/C17H9FO3S/c18-9-5-6-11-13(7-9)21-17(16(20)15(11)19)12-8-22-14-4-2-1-3-10(12)14/h1-8,20H. The molecule has 1 N–H and O–H groups in total. The number of aromatic hydroxyl groups is 1. The number of hydrogen-bond acceptors (Lipinski definition) is 4. The van der Waals surface area contributed by atoms with Crippen LogP contribution in [0, 0.1) is 5.82 Å². The molecule has 0 spiro atoms. The van der Waals surface area contributed by atoms with Crippen molar-refractivity contribution >= 4 is 32.4 Å². The Morgan fingerprint density at radius 1 is 1.09 bits per heavy atom. The Bertz CT molecular complexity index is 1080. The van der Waals surface area contributed by atoms with Crippen molar-refractivity contribution in [2.24, 2.45) is 0 Å². The third-order valence-electron chi connectivity index (χ3n) is 3.56. The van der Waals surface area contributed by atoms with Gasteiger partial charge in [0.15, 0.2) is 5.76 Å². The van der Waals surface area contributed by atoms with Crippen LogP contribution in [0.4, 0.5) is 4.39 Å². The highest BCUT2D eigenvalue weighted by atomic mass is 32.1.